The Hall–Kier alpha value is -5.08. The molecule has 5 aromatic rings. The van der Waals surface area contributed by atoms with Crippen molar-refractivity contribution < 1.29 is 0 Å². The van der Waals surface area contributed by atoms with E-state index >= 15 is 0 Å². The molecule has 0 amide bonds. The van der Waals surface area contributed by atoms with Crippen LogP contribution >= 0.6 is 20.6 Å². The van der Waals surface area contributed by atoms with Gasteiger partial charge in [-0.2, -0.15) is 0 Å². The summed E-state index contributed by atoms with van der Waals surface area (Å²) in [7, 11) is 2.91. The average Bonchev–Trinajstić information content (AvgIpc) is 3.59. The second-order valence-corrected chi connectivity index (χ2v) is 16.8. The van der Waals surface area contributed by atoms with Crippen LogP contribution < -0.4 is 5.73 Å². The molecule has 4 heteroatoms. The summed E-state index contributed by atoms with van der Waals surface area (Å²) < 4.78 is 0. The summed E-state index contributed by atoms with van der Waals surface area (Å²) >= 11 is 1.80. The Labute approximate surface area is 353 Å². The number of allylic oxidation sites excluding steroid dienone is 10. The molecule has 2 aliphatic rings. The molecule has 2 aliphatic carbocycles. The number of nitrogens with zero attached hydrogens (tertiary/aromatic N) is 1. The molecule has 0 radical (unpaired) electrons. The van der Waals surface area contributed by atoms with Gasteiger partial charge in [-0.05, 0) is 145 Å². The highest BCUT2D eigenvalue weighted by Gasteiger charge is 2.22. The number of benzene rings is 4. The summed E-state index contributed by atoms with van der Waals surface area (Å²) in [5.74, 6) is 2.21. The third kappa shape index (κ3) is 9.13. The fraction of sp³-hybridized carbons (Fsp3) is 0.241. The zero-order valence-corrected chi connectivity index (χ0v) is 36.6. The highest BCUT2D eigenvalue weighted by atomic mass is 32.1. The largest absolute Gasteiger partial charge is 0.397 e. The van der Waals surface area contributed by atoms with Gasteiger partial charge in [0, 0.05) is 10.4 Å². The standard InChI is InChI=1S/C54H57N2PS/c1-5-7-10-21-41-22-17-26-44(37(41)3)47-32-33-48(46-24-14-13-23-45(46)47)50(36-57)38(4)43(20-8-6-2)34-39-28-30-42(31-29-39)53(56-35-40-18-11-9-12-19-40)54-52(55)49-25-15-16-27-51(49)58-54/h5,7-8,10,13-14,16-18,20-24,26-33,36H,6,9,11-12,15,19,25,34-35,55,57H2,1-4H3/b7-5-,20-8-,21-10-,43-38-,50-36+,56-53-. The maximum atomic E-state index is 6.90. The molecule has 0 bridgehead atoms. The van der Waals surface area contributed by atoms with E-state index in [2.05, 4.69) is 169 Å². The molecule has 1 atom stereocenters. The van der Waals surface area contributed by atoms with Crippen molar-refractivity contribution in [3.63, 3.8) is 0 Å². The third-order valence-electron chi connectivity index (χ3n) is 11.6. The van der Waals surface area contributed by atoms with Crippen molar-refractivity contribution in [2.75, 3.05) is 12.3 Å². The van der Waals surface area contributed by atoms with Gasteiger partial charge in [-0.3, -0.25) is 4.99 Å². The summed E-state index contributed by atoms with van der Waals surface area (Å²) in [6, 6.07) is 29.2. The topological polar surface area (TPSA) is 38.4 Å². The molecule has 1 unspecified atom stereocenters. The minimum absolute atomic E-state index is 0.739. The molecular weight excluding hydrogens is 740 g/mol. The van der Waals surface area contributed by atoms with Gasteiger partial charge in [0.15, 0.2) is 0 Å². The van der Waals surface area contributed by atoms with Gasteiger partial charge in [-0.15, -0.1) is 20.6 Å². The SMILES string of the molecule is C/C=C\C=C/c1cccc(-c2ccc(C(=C/P)/C(C)=C(/C=C\CC)Cc3ccc(/C(=N/CC4=CCCCC4)c4sc5c(c4N)CCC=C5)cc3)c3ccccc23)c1C. The van der Waals surface area contributed by atoms with E-state index in [0.29, 0.717) is 0 Å². The highest BCUT2D eigenvalue weighted by molar-refractivity contribution is 7.21. The lowest BCUT2D eigenvalue weighted by Crippen LogP contribution is -2.08. The lowest BCUT2D eigenvalue weighted by molar-refractivity contribution is 0.691. The molecule has 7 rings (SSSR count). The predicted octanol–water partition coefficient (Wildman–Crippen LogP) is 15.1. The predicted molar refractivity (Wildman–Crippen MR) is 261 cm³/mol. The molecule has 2 N–H and O–H groups in total. The van der Waals surface area contributed by atoms with E-state index in [0.717, 1.165) is 66.9 Å². The molecule has 0 aliphatic heterocycles. The first-order chi connectivity index (χ1) is 28.4. The number of anilines is 1. The Morgan fingerprint density at radius 1 is 0.897 bits per heavy atom. The Kier molecular flexibility index (Phi) is 13.9. The van der Waals surface area contributed by atoms with Crippen LogP contribution in [0.1, 0.15) is 102 Å². The maximum absolute atomic E-state index is 6.90. The third-order valence-corrected chi connectivity index (χ3v) is 13.2. The van der Waals surface area contributed by atoms with E-state index in [-0.39, 0.29) is 0 Å². The number of nitrogens with two attached hydrogens (primary N) is 1. The molecule has 4 aromatic carbocycles. The molecule has 0 spiro atoms. The Morgan fingerprint density at radius 3 is 2.47 bits per heavy atom. The minimum Gasteiger partial charge on any atom is -0.397 e. The summed E-state index contributed by atoms with van der Waals surface area (Å²) in [5.41, 5.74) is 24.1. The second kappa shape index (κ2) is 19.6. The van der Waals surface area contributed by atoms with Gasteiger partial charge >= 0.3 is 0 Å². The van der Waals surface area contributed by atoms with Crippen LogP contribution in [0.2, 0.25) is 0 Å². The Morgan fingerprint density at radius 2 is 1.72 bits per heavy atom. The van der Waals surface area contributed by atoms with Crippen LogP contribution in [0.3, 0.4) is 0 Å². The van der Waals surface area contributed by atoms with Crippen molar-refractivity contribution in [1.29, 1.82) is 0 Å². The quantitative estimate of drug-likeness (QED) is 0.0548. The van der Waals surface area contributed by atoms with Gasteiger partial charge in [-0.25, -0.2) is 0 Å². The maximum Gasteiger partial charge on any atom is 0.0843 e. The smallest absolute Gasteiger partial charge is 0.0843 e. The number of hydrogen-bond acceptors (Lipinski definition) is 3. The van der Waals surface area contributed by atoms with E-state index in [4.69, 9.17) is 10.7 Å². The van der Waals surface area contributed by atoms with Crippen molar-refractivity contribution in [3.8, 4) is 11.1 Å². The Bertz CT molecular complexity index is 2530. The fourth-order valence-electron chi connectivity index (χ4n) is 8.34. The number of hydrogen-bond donors (Lipinski definition) is 1. The molecule has 2 nitrogen and oxygen atoms in total. The zero-order chi connectivity index (χ0) is 40.4. The van der Waals surface area contributed by atoms with Crippen LogP contribution in [-0.2, 0) is 12.8 Å². The van der Waals surface area contributed by atoms with Crippen molar-refractivity contribution in [1.82, 2.24) is 0 Å². The monoisotopic (exact) mass is 796 g/mol. The zero-order valence-electron chi connectivity index (χ0n) is 34.7. The van der Waals surface area contributed by atoms with Gasteiger partial charge in [0.05, 0.1) is 22.8 Å². The van der Waals surface area contributed by atoms with Gasteiger partial charge in [0.2, 0.25) is 0 Å². The second-order valence-electron chi connectivity index (χ2n) is 15.4. The number of aliphatic imine (C=N–C) groups is 1. The summed E-state index contributed by atoms with van der Waals surface area (Å²) in [4.78, 5) is 7.71. The normalized spacial score (nSPS) is 15.5. The van der Waals surface area contributed by atoms with Crippen LogP contribution in [0.15, 0.2) is 149 Å². The van der Waals surface area contributed by atoms with E-state index in [9.17, 15) is 0 Å². The van der Waals surface area contributed by atoms with Crippen molar-refractivity contribution in [2.45, 2.75) is 79.1 Å². The highest BCUT2D eigenvalue weighted by Crippen LogP contribution is 2.40. The average molecular weight is 797 g/mol. The van der Waals surface area contributed by atoms with Gasteiger partial charge < -0.3 is 5.73 Å². The molecule has 1 aromatic heterocycles. The molecule has 1 heterocycles. The van der Waals surface area contributed by atoms with Crippen LogP contribution in [0.5, 0.6) is 0 Å². The molecule has 294 valence electrons. The number of thiophene rings is 1. The summed E-state index contributed by atoms with van der Waals surface area (Å²) in [5, 5.41) is 2.52. The first kappa shape index (κ1) is 41.1. The van der Waals surface area contributed by atoms with Gasteiger partial charge in [0.25, 0.3) is 0 Å². The van der Waals surface area contributed by atoms with E-state index in [1.807, 2.05) is 6.92 Å². The molecule has 0 saturated heterocycles. The lowest BCUT2D eigenvalue weighted by atomic mass is 9.86. The number of nitrogen functional groups attached to an aromatic ring is 1. The van der Waals surface area contributed by atoms with Crippen molar-refractivity contribution >= 4 is 60.5 Å². The van der Waals surface area contributed by atoms with Gasteiger partial charge in [0.1, 0.15) is 0 Å². The number of fused-ring (bicyclic) bond motifs is 2. The fourth-order valence-corrected chi connectivity index (χ4v) is 10.00. The van der Waals surface area contributed by atoms with Crippen LogP contribution in [0.4, 0.5) is 5.69 Å². The summed E-state index contributed by atoms with van der Waals surface area (Å²) in [6.45, 7) is 9.51. The van der Waals surface area contributed by atoms with E-state index in [1.54, 1.807) is 11.3 Å². The molecule has 0 saturated carbocycles. The molecule has 58 heavy (non-hydrogen) atoms. The first-order valence-electron chi connectivity index (χ1n) is 21.0. The van der Waals surface area contributed by atoms with Crippen LogP contribution in [0.25, 0.3) is 39.6 Å². The minimum atomic E-state index is 0.739. The lowest BCUT2D eigenvalue weighted by Gasteiger charge is -2.18. The van der Waals surface area contributed by atoms with Gasteiger partial charge in [-0.1, -0.05) is 146 Å². The van der Waals surface area contributed by atoms with Crippen LogP contribution in [-0.4, -0.2) is 12.3 Å². The van der Waals surface area contributed by atoms with Crippen LogP contribution in [0, 0.1) is 6.92 Å². The Balaban J connectivity index is 1.23. The van der Waals surface area contributed by atoms with Crippen molar-refractivity contribution in [3.05, 3.63) is 187 Å². The van der Waals surface area contributed by atoms with Crippen molar-refractivity contribution in [2.24, 2.45) is 4.99 Å². The van der Waals surface area contributed by atoms with E-state index in [1.165, 1.54) is 89.7 Å². The first-order valence-corrected chi connectivity index (χ1v) is 22.5. The molecular formula is C54H57N2PS. The number of rotatable bonds is 13. The summed E-state index contributed by atoms with van der Waals surface area (Å²) in [6.07, 6.45) is 28.7. The molecule has 0 fully saturated rings. The van der Waals surface area contributed by atoms with E-state index < -0.39 is 0 Å².